The minimum atomic E-state index is 0.705. The average molecular weight is 763 g/mol. The van der Waals surface area contributed by atoms with Crippen LogP contribution >= 0.6 is 22.7 Å². The molecule has 0 unspecified atom stereocenters. The first-order valence-electron chi connectivity index (χ1n) is 19.2. The van der Waals surface area contributed by atoms with Crippen LogP contribution in [-0.4, -0.2) is 9.97 Å². The number of benzene rings is 8. The van der Waals surface area contributed by atoms with Gasteiger partial charge in [0.15, 0.2) is 5.82 Å². The highest BCUT2D eigenvalue weighted by Gasteiger charge is 2.19. The van der Waals surface area contributed by atoms with Crippen molar-refractivity contribution in [1.82, 2.24) is 9.97 Å². The number of rotatable bonds is 6. The van der Waals surface area contributed by atoms with E-state index < -0.39 is 0 Å². The van der Waals surface area contributed by atoms with Crippen molar-refractivity contribution >= 4 is 63.0 Å². The number of nitrogens with zero attached hydrogens (tertiary/aromatic N) is 2. The Bertz CT molecular complexity index is 3300. The van der Waals surface area contributed by atoms with E-state index in [-0.39, 0.29) is 0 Å². The average Bonchev–Trinajstić information content (AvgIpc) is 3.85. The molecule has 57 heavy (non-hydrogen) atoms. The van der Waals surface area contributed by atoms with Crippen LogP contribution in [0.5, 0.6) is 0 Å². The van der Waals surface area contributed by atoms with Crippen molar-refractivity contribution in [2.24, 2.45) is 0 Å². The summed E-state index contributed by atoms with van der Waals surface area (Å²) in [6, 6.07) is 67.8. The van der Waals surface area contributed by atoms with Gasteiger partial charge in [0.2, 0.25) is 0 Å². The molecule has 0 N–H and O–H groups in total. The molecule has 0 aliphatic carbocycles. The highest BCUT2D eigenvalue weighted by atomic mass is 32.1. The first-order chi connectivity index (χ1) is 28.1. The lowest BCUT2D eigenvalue weighted by atomic mass is 9.89. The molecule has 3 heterocycles. The van der Waals surface area contributed by atoms with Crippen LogP contribution in [0.25, 0.3) is 108 Å². The van der Waals surface area contributed by atoms with Gasteiger partial charge in [0.1, 0.15) is 0 Å². The lowest BCUT2D eigenvalue weighted by molar-refractivity contribution is 1.18. The number of aromatic nitrogens is 2. The van der Waals surface area contributed by atoms with Gasteiger partial charge in [-0.1, -0.05) is 127 Å². The second-order valence-electron chi connectivity index (χ2n) is 14.6. The van der Waals surface area contributed by atoms with Crippen molar-refractivity contribution in [2.75, 3.05) is 0 Å². The molecule has 0 amide bonds. The Labute approximate surface area is 339 Å². The Balaban J connectivity index is 1.16. The molecule has 2 nitrogen and oxygen atoms in total. The SMILES string of the molecule is Cc1c(-c2ccc3sc4ccccc4c3c2)cc(-c2ccc3sc4ccccc4c3c2)cc1-c1cc(-c2cccc(-c3ccccc3)c2)nc(-c2ccccc2)n1. The number of hydrogen-bond acceptors (Lipinski definition) is 4. The highest BCUT2D eigenvalue weighted by molar-refractivity contribution is 7.26. The number of thiophene rings is 2. The van der Waals surface area contributed by atoms with Crippen LogP contribution in [-0.2, 0) is 0 Å². The summed E-state index contributed by atoms with van der Waals surface area (Å²) in [5.41, 5.74) is 13.2. The van der Waals surface area contributed by atoms with Gasteiger partial charge in [-0.2, -0.15) is 0 Å². The quantitative estimate of drug-likeness (QED) is 0.169. The van der Waals surface area contributed by atoms with E-state index in [1.807, 2.05) is 28.7 Å². The minimum absolute atomic E-state index is 0.705. The molecule has 268 valence electrons. The third-order valence-corrected chi connectivity index (χ3v) is 13.4. The van der Waals surface area contributed by atoms with Crippen molar-refractivity contribution < 1.29 is 0 Å². The zero-order valence-corrected chi connectivity index (χ0v) is 32.7. The fraction of sp³-hybridized carbons (Fsp3) is 0.0189. The molecule has 3 aromatic heterocycles. The summed E-state index contributed by atoms with van der Waals surface area (Å²) in [5, 5.41) is 5.18. The van der Waals surface area contributed by atoms with Crippen molar-refractivity contribution in [3.8, 4) is 67.3 Å². The molecule has 0 fully saturated rings. The maximum Gasteiger partial charge on any atom is 0.160 e. The molecule has 11 rings (SSSR count). The maximum absolute atomic E-state index is 5.37. The monoisotopic (exact) mass is 762 g/mol. The van der Waals surface area contributed by atoms with E-state index in [4.69, 9.17) is 9.97 Å². The van der Waals surface area contributed by atoms with E-state index in [9.17, 15) is 0 Å². The Morgan fingerprint density at radius 2 is 0.825 bits per heavy atom. The highest BCUT2D eigenvalue weighted by Crippen LogP contribution is 2.43. The summed E-state index contributed by atoms with van der Waals surface area (Å²) in [4.78, 5) is 10.6. The minimum Gasteiger partial charge on any atom is -0.228 e. The molecule has 0 bridgehead atoms. The van der Waals surface area contributed by atoms with Gasteiger partial charge < -0.3 is 0 Å². The molecular weight excluding hydrogens is 729 g/mol. The van der Waals surface area contributed by atoms with E-state index in [0.29, 0.717) is 5.82 Å². The summed E-state index contributed by atoms with van der Waals surface area (Å²) < 4.78 is 5.22. The zero-order valence-electron chi connectivity index (χ0n) is 31.1. The van der Waals surface area contributed by atoms with Gasteiger partial charge in [-0.05, 0) is 107 Å². The van der Waals surface area contributed by atoms with Crippen LogP contribution in [0.15, 0.2) is 188 Å². The molecule has 0 aliphatic rings. The molecule has 8 aromatic carbocycles. The topological polar surface area (TPSA) is 25.8 Å². The predicted molar refractivity (Wildman–Crippen MR) is 245 cm³/mol. The number of fused-ring (bicyclic) bond motifs is 6. The molecule has 0 aliphatic heterocycles. The molecule has 0 radical (unpaired) electrons. The first-order valence-corrected chi connectivity index (χ1v) is 20.8. The van der Waals surface area contributed by atoms with Gasteiger partial charge in [-0.3, -0.25) is 0 Å². The summed E-state index contributed by atoms with van der Waals surface area (Å²) >= 11 is 3.71. The standard InChI is InChI=1S/C53H34N2S2/c1-33-43(38-24-26-52-46(29-38)42-20-9-11-22-50(42)57-52)30-40(37-23-25-51-45(28-37)41-19-8-10-21-49(41)56-51)31-44(33)48-32-47(54-53(55-48)35-15-6-3-7-16-35)39-18-12-17-36(27-39)34-13-4-2-5-14-34/h2-32H,1H3. The summed E-state index contributed by atoms with van der Waals surface area (Å²) in [7, 11) is 0. The lowest BCUT2D eigenvalue weighted by Crippen LogP contribution is -1.98. The molecule has 4 heteroatoms. The number of hydrogen-bond donors (Lipinski definition) is 0. The molecule has 11 aromatic rings. The smallest absolute Gasteiger partial charge is 0.160 e. The van der Waals surface area contributed by atoms with E-state index >= 15 is 0 Å². The summed E-state index contributed by atoms with van der Waals surface area (Å²) in [6.45, 7) is 2.25. The zero-order chi connectivity index (χ0) is 37.9. The molecular formula is C53H34N2S2. The van der Waals surface area contributed by atoms with Crippen molar-refractivity contribution in [3.63, 3.8) is 0 Å². The van der Waals surface area contributed by atoms with Gasteiger partial charge in [0.05, 0.1) is 11.4 Å². The Morgan fingerprint density at radius 3 is 1.53 bits per heavy atom. The van der Waals surface area contributed by atoms with Gasteiger partial charge in [0, 0.05) is 57.0 Å². The van der Waals surface area contributed by atoms with Crippen LogP contribution in [0.1, 0.15) is 5.56 Å². The Hall–Kier alpha value is -6.72. The van der Waals surface area contributed by atoms with Crippen LogP contribution in [0.2, 0.25) is 0 Å². The molecule has 0 saturated carbocycles. The largest absolute Gasteiger partial charge is 0.228 e. The summed E-state index contributed by atoms with van der Waals surface area (Å²) in [5.74, 6) is 0.705. The predicted octanol–water partition coefficient (Wildman–Crippen LogP) is 15.5. The fourth-order valence-corrected chi connectivity index (χ4v) is 10.4. The second-order valence-corrected chi connectivity index (χ2v) is 16.8. The van der Waals surface area contributed by atoms with Gasteiger partial charge >= 0.3 is 0 Å². The molecule has 0 saturated heterocycles. The van der Waals surface area contributed by atoms with E-state index in [1.54, 1.807) is 0 Å². The van der Waals surface area contributed by atoms with Gasteiger partial charge in [0.25, 0.3) is 0 Å². The Morgan fingerprint density at radius 1 is 0.316 bits per heavy atom. The van der Waals surface area contributed by atoms with Crippen molar-refractivity contribution in [3.05, 3.63) is 194 Å². The fourth-order valence-electron chi connectivity index (χ4n) is 8.18. The maximum atomic E-state index is 5.37. The van der Waals surface area contributed by atoms with Crippen LogP contribution in [0.3, 0.4) is 0 Å². The van der Waals surface area contributed by atoms with E-state index in [0.717, 1.165) is 39.2 Å². The van der Waals surface area contributed by atoms with Crippen molar-refractivity contribution in [1.29, 1.82) is 0 Å². The lowest BCUT2D eigenvalue weighted by Gasteiger charge is -2.17. The van der Waals surface area contributed by atoms with Crippen LogP contribution in [0.4, 0.5) is 0 Å². The van der Waals surface area contributed by atoms with Crippen LogP contribution < -0.4 is 0 Å². The van der Waals surface area contributed by atoms with Crippen molar-refractivity contribution in [2.45, 2.75) is 6.92 Å². The van der Waals surface area contributed by atoms with E-state index in [2.05, 4.69) is 189 Å². The third-order valence-electron chi connectivity index (χ3n) is 11.1. The van der Waals surface area contributed by atoms with Gasteiger partial charge in [-0.15, -0.1) is 22.7 Å². The first kappa shape index (κ1) is 33.6. The van der Waals surface area contributed by atoms with Crippen LogP contribution in [0, 0.1) is 6.92 Å². The molecule has 0 spiro atoms. The third kappa shape index (κ3) is 6.02. The summed E-state index contributed by atoms with van der Waals surface area (Å²) in [6.07, 6.45) is 0. The van der Waals surface area contributed by atoms with Gasteiger partial charge in [-0.25, -0.2) is 9.97 Å². The normalized spacial score (nSPS) is 11.6. The van der Waals surface area contributed by atoms with E-state index in [1.165, 1.54) is 68.2 Å². The Kier molecular flexibility index (Phi) is 8.13. The molecule has 0 atom stereocenters. The second kappa shape index (κ2) is 13.8.